The van der Waals surface area contributed by atoms with Crippen LogP contribution in [0.1, 0.15) is 11.1 Å². The minimum absolute atomic E-state index is 0.0986. The number of hydrogen-bond donors (Lipinski definition) is 1. The van der Waals surface area contributed by atoms with Crippen molar-refractivity contribution in [1.29, 1.82) is 0 Å². The van der Waals surface area contributed by atoms with Crippen LogP contribution < -0.4 is 0 Å². The van der Waals surface area contributed by atoms with E-state index in [0.29, 0.717) is 20.9 Å². The quantitative estimate of drug-likeness (QED) is 0.361. The summed E-state index contributed by atoms with van der Waals surface area (Å²) in [7, 11) is 0. The van der Waals surface area contributed by atoms with Gasteiger partial charge in [-0.05, 0) is 76.9 Å². The normalized spacial score (nSPS) is 11.5. The number of fused-ring (bicyclic) bond motifs is 1. The molecule has 0 spiro atoms. The number of aromatic nitrogens is 1. The molecular weight excluding hydrogens is 428 g/mol. The smallest absolute Gasteiger partial charge is 0.227 e. The first-order chi connectivity index (χ1) is 13.0. The Morgan fingerprint density at radius 2 is 1.89 bits per heavy atom. The lowest BCUT2D eigenvalue weighted by atomic mass is 10.2. The molecule has 3 aromatic carbocycles. The molecular formula is C21H14BrClN2O2. The number of phenolic OH excluding ortho intramolecular Hbond substituents is 1. The Hall–Kier alpha value is -2.63. The second-order valence-electron chi connectivity index (χ2n) is 6.12. The molecule has 1 heterocycles. The van der Waals surface area contributed by atoms with Crippen molar-refractivity contribution >= 4 is 50.5 Å². The lowest BCUT2D eigenvalue weighted by Gasteiger charge is -2.02. The molecule has 4 nitrogen and oxygen atoms in total. The van der Waals surface area contributed by atoms with Gasteiger partial charge >= 0.3 is 0 Å². The SMILES string of the molecule is Cc1ccc2oc(-c3ccc(N=Cc4cc(Cl)cc(Br)c4O)cc3)nc2c1. The van der Waals surface area contributed by atoms with Crippen LogP contribution in [0.15, 0.2) is 68.5 Å². The van der Waals surface area contributed by atoms with Crippen LogP contribution in [-0.4, -0.2) is 16.3 Å². The van der Waals surface area contributed by atoms with Gasteiger partial charge in [-0.15, -0.1) is 0 Å². The standard InChI is InChI=1S/C21H14BrClN2O2/c1-12-2-7-19-18(8-12)25-21(27-19)13-3-5-16(6-4-13)24-11-14-9-15(23)10-17(22)20(14)26/h2-11,26H,1H3. The molecule has 0 saturated carbocycles. The Morgan fingerprint density at radius 3 is 2.67 bits per heavy atom. The average molecular weight is 442 g/mol. The summed E-state index contributed by atoms with van der Waals surface area (Å²) < 4.78 is 6.34. The van der Waals surface area contributed by atoms with Gasteiger partial charge < -0.3 is 9.52 Å². The molecule has 0 atom stereocenters. The van der Waals surface area contributed by atoms with Crippen molar-refractivity contribution in [2.24, 2.45) is 4.99 Å². The summed E-state index contributed by atoms with van der Waals surface area (Å²) >= 11 is 9.28. The number of aromatic hydroxyl groups is 1. The van der Waals surface area contributed by atoms with E-state index in [0.717, 1.165) is 27.9 Å². The molecule has 134 valence electrons. The van der Waals surface area contributed by atoms with E-state index in [4.69, 9.17) is 16.0 Å². The highest BCUT2D eigenvalue weighted by Gasteiger charge is 2.09. The van der Waals surface area contributed by atoms with E-state index in [2.05, 4.69) is 25.9 Å². The van der Waals surface area contributed by atoms with Crippen LogP contribution in [0, 0.1) is 6.92 Å². The highest BCUT2D eigenvalue weighted by Crippen LogP contribution is 2.31. The van der Waals surface area contributed by atoms with E-state index in [1.807, 2.05) is 49.4 Å². The Balaban J connectivity index is 1.60. The Labute approximate surface area is 169 Å². The van der Waals surface area contributed by atoms with E-state index in [9.17, 15) is 5.11 Å². The minimum Gasteiger partial charge on any atom is -0.506 e. The molecule has 27 heavy (non-hydrogen) atoms. The number of aryl methyl sites for hydroxylation is 1. The Bertz CT molecular complexity index is 1170. The molecule has 1 N–H and O–H groups in total. The van der Waals surface area contributed by atoms with Crippen LogP contribution in [0.4, 0.5) is 5.69 Å². The predicted molar refractivity (Wildman–Crippen MR) is 112 cm³/mol. The van der Waals surface area contributed by atoms with Crippen molar-refractivity contribution < 1.29 is 9.52 Å². The molecule has 0 aliphatic rings. The van der Waals surface area contributed by atoms with Crippen LogP contribution >= 0.6 is 27.5 Å². The van der Waals surface area contributed by atoms with E-state index >= 15 is 0 Å². The van der Waals surface area contributed by atoms with Gasteiger partial charge in [-0.3, -0.25) is 4.99 Å². The molecule has 4 aromatic rings. The third-order valence-electron chi connectivity index (χ3n) is 4.07. The third-order valence-corrected chi connectivity index (χ3v) is 4.89. The number of hydrogen-bond acceptors (Lipinski definition) is 4. The van der Waals surface area contributed by atoms with Crippen LogP contribution in [-0.2, 0) is 0 Å². The lowest BCUT2D eigenvalue weighted by molar-refractivity contribution is 0.471. The van der Waals surface area contributed by atoms with Gasteiger partial charge in [0.2, 0.25) is 5.89 Å². The number of oxazole rings is 1. The Morgan fingerprint density at radius 1 is 1.11 bits per heavy atom. The average Bonchev–Trinajstić information content (AvgIpc) is 3.07. The van der Waals surface area contributed by atoms with E-state index in [1.165, 1.54) is 0 Å². The molecule has 6 heteroatoms. The number of halogens is 2. The number of rotatable bonds is 3. The van der Waals surface area contributed by atoms with Crippen LogP contribution in [0.25, 0.3) is 22.6 Å². The number of benzene rings is 3. The summed E-state index contributed by atoms with van der Waals surface area (Å²) in [5.41, 5.74) is 4.89. The van der Waals surface area contributed by atoms with Crippen molar-refractivity contribution in [2.75, 3.05) is 0 Å². The number of phenols is 1. The maximum atomic E-state index is 10.1. The van der Waals surface area contributed by atoms with E-state index < -0.39 is 0 Å². The fourth-order valence-corrected chi connectivity index (χ4v) is 3.51. The van der Waals surface area contributed by atoms with Gasteiger partial charge in [-0.25, -0.2) is 4.98 Å². The molecule has 0 aliphatic carbocycles. The molecule has 0 amide bonds. The first-order valence-corrected chi connectivity index (χ1v) is 9.36. The van der Waals surface area contributed by atoms with E-state index in [-0.39, 0.29) is 5.75 Å². The zero-order valence-corrected chi connectivity index (χ0v) is 16.6. The van der Waals surface area contributed by atoms with Crippen molar-refractivity contribution in [3.05, 3.63) is 75.2 Å². The molecule has 0 fully saturated rings. The summed E-state index contributed by atoms with van der Waals surface area (Å²) in [5.74, 6) is 0.670. The van der Waals surface area contributed by atoms with Crippen molar-refractivity contribution in [3.8, 4) is 17.2 Å². The summed E-state index contributed by atoms with van der Waals surface area (Å²) in [4.78, 5) is 8.93. The molecule has 0 aliphatic heterocycles. The second-order valence-corrected chi connectivity index (χ2v) is 7.41. The van der Waals surface area contributed by atoms with Crippen molar-refractivity contribution in [1.82, 2.24) is 4.98 Å². The van der Waals surface area contributed by atoms with Crippen LogP contribution in [0.2, 0.25) is 5.02 Å². The monoisotopic (exact) mass is 440 g/mol. The fraction of sp³-hybridized carbons (Fsp3) is 0.0476. The molecule has 4 rings (SSSR count). The van der Waals surface area contributed by atoms with Gasteiger partial charge in [0.05, 0.1) is 10.2 Å². The van der Waals surface area contributed by atoms with Gasteiger partial charge in [0.15, 0.2) is 5.58 Å². The van der Waals surface area contributed by atoms with Crippen LogP contribution in [0.5, 0.6) is 5.75 Å². The largest absolute Gasteiger partial charge is 0.506 e. The predicted octanol–water partition coefficient (Wildman–Crippen LogP) is 6.68. The third kappa shape index (κ3) is 3.75. The fourth-order valence-electron chi connectivity index (χ4n) is 2.68. The van der Waals surface area contributed by atoms with Crippen molar-refractivity contribution in [3.63, 3.8) is 0 Å². The topological polar surface area (TPSA) is 58.6 Å². The van der Waals surface area contributed by atoms with E-state index in [1.54, 1.807) is 18.3 Å². The number of aliphatic imine (C=N–C) groups is 1. The highest BCUT2D eigenvalue weighted by molar-refractivity contribution is 9.10. The number of nitrogens with zero attached hydrogens (tertiary/aromatic N) is 2. The molecule has 0 bridgehead atoms. The zero-order chi connectivity index (χ0) is 19.0. The van der Waals surface area contributed by atoms with Gasteiger partial charge in [-0.1, -0.05) is 17.7 Å². The van der Waals surface area contributed by atoms with Gasteiger partial charge in [0, 0.05) is 22.4 Å². The molecule has 1 aromatic heterocycles. The van der Waals surface area contributed by atoms with Gasteiger partial charge in [0.1, 0.15) is 11.3 Å². The lowest BCUT2D eigenvalue weighted by Crippen LogP contribution is -1.84. The summed E-state index contributed by atoms with van der Waals surface area (Å²) in [6, 6.07) is 16.7. The van der Waals surface area contributed by atoms with Crippen molar-refractivity contribution in [2.45, 2.75) is 6.92 Å². The summed E-state index contributed by atoms with van der Waals surface area (Å²) in [6.45, 7) is 2.02. The molecule has 0 unspecified atom stereocenters. The highest BCUT2D eigenvalue weighted by atomic mass is 79.9. The second kappa shape index (κ2) is 7.18. The summed E-state index contributed by atoms with van der Waals surface area (Å²) in [5, 5.41) is 10.6. The Kier molecular flexibility index (Phi) is 4.72. The zero-order valence-electron chi connectivity index (χ0n) is 14.3. The maximum Gasteiger partial charge on any atom is 0.227 e. The maximum absolute atomic E-state index is 10.1. The molecule has 0 radical (unpaired) electrons. The summed E-state index contributed by atoms with van der Waals surface area (Å²) in [6.07, 6.45) is 1.57. The molecule has 0 saturated heterocycles. The van der Waals surface area contributed by atoms with Gasteiger partial charge in [-0.2, -0.15) is 0 Å². The first-order valence-electron chi connectivity index (χ1n) is 8.19. The van der Waals surface area contributed by atoms with Crippen LogP contribution in [0.3, 0.4) is 0 Å². The van der Waals surface area contributed by atoms with Gasteiger partial charge in [0.25, 0.3) is 0 Å². The first kappa shape index (κ1) is 17.8. The minimum atomic E-state index is 0.0986.